The maximum atomic E-state index is 11.7. The number of hydrogen-bond acceptors (Lipinski definition) is 3. The monoisotopic (exact) mass is 416 g/mol. The quantitative estimate of drug-likeness (QED) is 0.485. The van der Waals surface area contributed by atoms with E-state index in [9.17, 15) is 9.90 Å². The molecular formula is C22H25ClN2O2S. The van der Waals surface area contributed by atoms with Gasteiger partial charge in [-0.3, -0.25) is 4.79 Å². The first kappa shape index (κ1) is 20.6. The summed E-state index contributed by atoms with van der Waals surface area (Å²) < 4.78 is 4.62. The third kappa shape index (κ3) is 3.49. The first-order valence-electron chi connectivity index (χ1n) is 9.15. The highest BCUT2D eigenvalue weighted by atomic mass is 35.5. The van der Waals surface area contributed by atoms with Gasteiger partial charge in [-0.05, 0) is 55.2 Å². The van der Waals surface area contributed by atoms with Crippen LogP contribution in [0.5, 0.6) is 0 Å². The molecule has 0 spiro atoms. The molecule has 28 heavy (non-hydrogen) atoms. The molecule has 1 aromatic heterocycles. The van der Waals surface area contributed by atoms with Crippen LogP contribution in [0.4, 0.5) is 5.69 Å². The fourth-order valence-electron chi connectivity index (χ4n) is 4.05. The van der Waals surface area contributed by atoms with Crippen molar-refractivity contribution in [3.8, 4) is 0 Å². The predicted octanol–water partition coefficient (Wildman–Crippen LogP) is 5.70. The van der Waals surface area contributed by atoms with Gasteiger partial charge in [0, 0.05) is 35.5 Å². The Morgan fingerprint density at radius 1 is 1.36 bits per heavy atom. The summed E-state index contributed by atoms with van der Waals surface area (Å²) in [7, 11) is 0. The van der Waals surface area contributed by atoms with E-state index in [0.717, 1.165) is 46.4 Å². The molecule has 0 radical (unpaired) electrons. The van der Waals surface area contributed by atoms with E-state index in [1.54, 1.807) is 24.1 Å². The Morgan fingerprint density at radius 3 is 2.68 bits per heavy atom. The molecule has 0 unspecified atom stereocenters. The molecule has 1 aromatic carbocycles. The first-order chi connectivity index (χ1) is 13.3. The number of allylic oxidation sites excluding steroid dienone is 5. The fourth-order valence-corrected chi connectivity index (χ4v) is 4.78. The second kappa shape index (κ2) is 8.10. The minimum atomic E-state index is -0.828. The summed E-state index contributed by atoms with van der Waals surface area (Å²) in [5, 5.41) is 11.2. The van der Waals surface area contributed by atoms with Gasteiger partial charge < -0.3 is 14.0 Å². The molecule has 4 nitrogen and oxygen atoms in total. The summed E-state index contributed by atoms with van der Waals surface area (Å²) in [5.41, 5.74) is 7.39. The predicted molar refractivity (Wildman–Crippen MR) is 121 cm³/mol. The van der Waals surface area contributed by atoms with Crippen LogP contribution in [0.15, 0.2) is 35.9 Å². The van der Waals surface area contributed by atoms with Gasteiger partial charge >= 0.3 is 5.97 Å². The van der Waals surface area contributed by atoms with E-state index in [4.69, 9.17) is 11.6 Å². The van der Waals surface area contributed by atoms with Crippen LogP contribution in [0.25, 0.3) is 16.5 Å². The molecule has 2 aromatic rings. The van der Waals surface area contributed by atoms with Crippen LogP contribution in [-0.4, -0.2) is 28.4 Å². The number of nitrogens with zero attached hydrogens (tertiary/aromatic N) is 2. The summed E-state index contributed by atoms with van der Waals surface area (Å²) in [5.74, 6) is -0.828. The van der Waals surface area contributed by atoms with E-state index in [1.807, 2.05) is 19.9 Å². The Labute approximate surface area is 175 Å². The van der Waals surface area contributed by atoms with Crippen LogP contribution in [0.3, 0.4) is 0 Å². The molecule has 6 heteroatoms. The second-order valence-electron chi connectivity index (χ2n) is 6.99. The number of carbonyl (C=O) groups is 1. The summed E-state index contributed by atoms with van der Waals surface area (Å²) in [6.45, 7) is 11.7. The number of halogens is 1. The molecule has 1 aliphatic heterocycles. The molecule has 0 saturated carbocycles. The number of hydrogen-bond donors (Lipinski definition) is 1. The Bertz CT molecular complexity index is 1030. The lowest BCUT2D eigenvalue weighted by Gasteiger charge is -2.32. The first-order valence-corrected chi connectivity index (χ1v) is 10.7. The number of benzene rings is 1. The summed E-state index contributed by atoms with van der Waals surface area (Å²) >= 11 is 7.77. The van der Waals surface area contributed by atoms with Crippen LogP contribution in [-0.2, 0) is 17.8 Å². The van der Waals surface area contributed by atoms with Crippen LogP contribution in [0, 0.1) is 13.8 Å². The number of rotatable bonds is 6. The summed E-state index contributed by atoms with van der Waals surface area (Å²) in [6.07, 6.45) is 7.37. The zero-order chi connectivity index (χ0) is 20.6. The third-order valence-electron chi connectivity index (χ3n) is 5.31. The zero-order valence-corrected chi connectivity index (χ0v) is 18.2. The van der Waals surface area contributed by atoms with E-state index < -0.39 is 5.97 Å². The normalized spacial score (nSPS) is 14.7. The lowest BCUT2D eigenvalue weighted by molar-refractivity contribution is -0.136. The molecule has 1 N–H and O–H groups in total. The van der Waals surface area contributed by atoms with Gasteiger partial charge in [0.25, 0.3) is 0 Å². The fraction of sp³-hybridized carbons (Fsp3) is 0.318. The molecule has 0 saturated heterocycles. The van der Waals surface area contributed by atoms with Crippen LogP contribution in [0.2, 0.25) is 0 Å². The third-order valence-corrected chi connectivity index (χ3v) is 6.40. The topological polar surface area (TPSA) is 45.5 Å². The lowest BCUT2D eigenvalue weighted by Crippen LogP contribution is -2.27. The van der Waals surface area contributed by atoms with Crippen molar-refractivity contribution in [3.63, 3.8) is 0 Å². The Morgan fingerprint density at radius 2 is 2.07 bits per heavy atom. The van der Waals surface area contributed by atoms with Gasteiger partial charge in [0.15, 0.2) is 0 Å². The summed E-state index contributed by atoms with van der Waals surface area (Å²) in [6, 6.07) is 2.18. The SMILES string of the molecule is C=C/C(Cl)=C\C=C(/C)c1c(CC(=O)O)c(C)c2c3c1cc(C)n3CCN2SC. The highest BCUT2D eigenvalue weighted by Gasteiger charge is 2.28. The molecular weight excluding hydrogens is 392 g/mol. The van der Waals surface area contributed by atoms with Crippen LogP contribution in [0.1, 0.15) is 29.3 Å². The summed E-state index contributed by atoms with van der Waals surface area (Å²) in [4.78, 5) is 11.7. The molecule has 2 heterocycles. The van der Waals surface area contributed by atoms with E-state index in [1.165, 1.54) is 11.2 Å². The number of aromatic nitrogens is 1. The van der Waals surface area contributed by atoms with Crippen LogP contribution >= 0.6 is 23.5 Å². The average molecular weight is 417 g/mol. The van der Waals surface area contributed by atoms with Gasteiger partial charge in [-0.25, -0.2) is 0 Å². The van der Waals surface area contributed by atoms with Crippen molar-refractivity contribution < 1.29 is 9.90 Å². The number of aryl methyl sites for hydroxylation is 1. The van der Waals surface area contributed by atoms with Crippen molar-refractivity contribution in [1.29, 1.82) is 0 Å². The van der Waals surface area contributed by atoms with Crippen molar-refractivity contribution in [1.82, 2.24) is 4.57 Å². The number of aliphatic carboxylic acids is 1. The minimum absolute atomic E-state index is 0.0133. The maximum absolute atomic E-state index is 11.7. The maximum Gasteiger partial charge on any atom is 0.307 e. The van der Waals surface area contributed by atoms with E-state index in [-0.39, 0.29) is 6.42 Å². The van der Waals surface area contributed by atoms with E-state index in [0.29, 0.717) is 5.03 Å². The molecule has 0 atom stereocenters. The molecule has 0 aliphatic carbocycles. The zero-order valence-electron chi connectivity index (χ0n) is 16.7. The molecule has 0 fully saturated rings. The van der Waals surface area contributed by atoms with Crippen molar-refractivity contribution in [2.24, 2.45) is 0 Å². The minimum Gasteiger partial charge on any atom is -0.481 e. The van der Waals surface area contributed by atoms with Gasteiger partial charge in [-0.2, -0.15) is 0 Å². The highest BCUT2D eigenvalue weighted by molar-refractivity contribution is 8.00. The van der Waals surface area contributed by atoms with Crippen molar-refractivity contribution >= 4 is 51.7 Å². The standard InChI is InChI=1S/C22H25ClN2O2S/c1-6-16(23)8-7-13(2)20-17(12-19(26)27)15(4)21-22-18(20)11-14(3)24(22)9-10-25(21)28-5/h6-8,11H,1,9-10,12H2,2-5H3,(H,26,27)/b13-7+,16-8+. The highest BCUT2D eigenvalue weighted by Crippen LogP contribution is 2.44. The Hall–Kier alpha value is -2.11. The lowest BCUT2D eigenvalue weighted by atomic mass is 9.89. The molecule has 3 rings (SSSR count). The van der Waals surface area contributed by atoms with Crippen molar-refractivity contribution in [3.05, 3.63) is 58.3 Å². The van der Waals surface area contributed by atoms with Gasteiger partial charge in [-0.15, -0.1) is 0 Å². The molecule has 1 aliphatic rings. The molecule has 148 valence electrons. The van der Waals surface area contributed by atoms with E-state index in [2.05, 4.69) is 34.7 Å². The van der Waals surface area contributed by atoms with Crippen molar-refractivity contribution in [2.75, 3.05) is 17.1 Å². The van der Waals surface area contributed by atoms with Gasteiger partial charge in [-0.1, -0.05) is 42.3 Å². The average Bonchev–Trinajstić information content (AvgIpc) is 2.99. The van der Waals surface area contributed by atoms with Gasteiger partial charge in [0.2, 0.25) is 0 Å². The number of carboxylic acids is 1. The van der Waals surface area contributed by atoms with Crippen molar-refractivity contribution in [2.45, 2.75) is 33.7 Å². The number of anilines is 1. The number of carboxylic acid groups (broad SMARTS) is 1. The molecule has 0 amide bonds. The van der Waals surface area contributed by atoms with Crippen LogP contribution < -0.4 is 4.31 Å². The van der Waals surface area contributed by atoms with Gasteiger partial charge in [0.05, 0.1) is 17.6 Å². The Balaban J connectivity index is 2.41. The Kier molecular flexibility index (Phi) is 5.96. The smallest absolute Gasteiger partial charge is 0.307 e. The second-order valence-corrected chi connectivity index (χ2v) is 8.23. The van der Waals surface area contributed by atoms with Gasteiger partial charge in [0.1, 0.15) is 0 Å². The van der Waals surface area contributed by atoms with E-state index >= 15 is 0 Å². The molecule has 0 bridgehead atoms. The largest absolute Gasteiger partial charge is 0.481 e.